The Labute approximate surface area is 95.6 Å². The van der Waals surface area contributed by atoms with E-state index in [9.17, 15) is 4.79 Å². The van der Waals surface area contributed by atoms with Crippen molar-refractivity contribution in [2.24, 2.45) is 4.99 Å². The lowest BCUT2D eigenvalue weighted by Crippen LogP contribution is -2.26. The molecular formula is C13H16N2O. The highest BCUT2D eigenvalue weighted by Crippen LogP contribution is 2.25. The zero-order valence-corrected chi connectivity index (χ0v) is 9.28. The number of isocyanates is 1. The number of piperidine rings is 1. The summed E-state index contributed by atoms with van der Waals surface area (Å²) in [7, 11) is 0. The van der Waals surface area contributed by atoms with Gasteiger partial charge in [0.25, 0.3) is 0 Å². The van der Waals surface area contributed by atoms with Gasteiger partial charge < -0.3 is 5.32 Å². The van der Waals surface area contributed by atoms with Crippen LogP contribution in [-0.2, 0) is 11.3 Å². The van der Waals surface area contributed by atoms with Crippen LogP contribution in [0.5, 0.6) is 0 Å². The average molecular weight is 216 g/mol. The van der Waals surface area contributed by atoms with Crippen molar-refractivity contribution in [3.8, 4) is 0 Å². The third kappa shape index (κ3) is 2.78. The monoisotopic (exact) mass is 216 g/mol. The molecule has 0 unspecified atom stereocenters. The second-order valence-electron chi connectivity index (χ2n) is 4.17. The molecule has 0 aromatic heterocycles. The maximum absolute atomic E-state index is 9.99. The van der Waals surface area contributed by atoms with Crippen molar-refractivity contribution in [1.82, 2.24) is 5.32 Å². The van der Waals surface area contributed by atoms with Crippen molar-refractivity contribution in [2.45, 2.75) is 25.3 Å². The first-order valence-corrected chi connectivity index (χ1v) is 5.73. The first-order chi connectivity index (χ1) is 7.90. The lowest BCUT2D eigenvalue weighted by Gasteiger charge is -2.23. The van der Waals surface area contributed by atoms with E-state index in [1.165, 1.54) is 18.4 Å². The highest BCUT2D eigenvalue weighted by molar-refractivity contribution is 5.34. The molecular weight excluding hydrogens is 200 g/mol. The van der Waals surface area contributed by atoms with Gasteiger partial charge in [0.05, 0.1) is 6.54 Å². The quantitative estimate of drug-likeness (QED) is 0.620. The van der Waals surface area contributed by atoms with Crippen LogP contribution in [0.25, 0.3) is 0 Å². The maximum atomic E-state index is 9.99. The molecule has 1 N–H and O–H groups in total. The van der Waals surface area contributed by atoms with Gasteiger partial charge in [-0.15, -0.1) is 0 Å². The first-order valence-electron chi connectivity index (χ1n) is 5.73. The summed E-state index contributed by atoms with van der Waals surface area (Å²) in [6.07, 6.45) is 3.99. The highest BCUT2D eigenvalue weighted by atomic mass is 16.1. The Bertz CT molecular complexity index is 373. The molecule has 1 aliphatic rings. The molecule has 1 saturated heterocycles. The lowest BCUT2D eigenvalue weighted by molar-refractivity contribution is 0.460. The number of aliphatic imine (C=N–C) groups is 1. The van der Waals surface area contributed by atoms with Crippen LogP contribution < -0.4 is 5.32 Å². The van der Waals surface area contributed by atoms with Gasteiger partial charge in [-0.25, -0.2) is 9.79 Å². The standard InChI is InChI=1S/C13H16N2O/c16-10-15-9-11-1-3-12(4-2-11)13-5-7-14-8-6-13/h1-4,13-14H,5-9H2. The molecule has 0 amide bonds. The Hall–Kier alpha value is -1.44. The molecule has 0 aliphatic carbocycles. The molecule has 16 heavy (non-hydrogen) atoms. The summed E-state index contributed by atoms with van der Waals surface area (Å²) in [5, 5.41) is 3.37. The Morgan fingerprint density at radius 3 is 2.56 bits per heavy atom. The van der Waals surface area contributed by atoms with Crippen LogP contribution in [0, 0.1) is 0 Å². The van der Waals surface area contributed by atoms with Gasteiger partial charge in [-0.05, 0) is 43.0 Å². The fourth-order valence-corrected chi connectivity index (χ4v) is 2.17. The van der Waals surface area contributed by atoms with Crippen molar-refractivity contribution in [3.05, 3.63) is 35.4 Å². The summed E-state index contributed by atoms with van der Waals surface area (Å²) in [6.45, 7) is 2.67. The predicted octanol–water partition coefficient (Wildman–Crippen LogP) is 1.99. The molecule has 1 heterocycles. The summed E-state index contributed by atoms with van der Waals surface area (Å²) < 4.78 is 0. The van der Waals surface area contributed by atoms with Crippen molar-refractivity contribution in [1.29, 1.82) is 0 Å². The number of hydrogen-bond donors (Lipinski definition) is 1. The van der Waals surface area contributed by atoms with Crippen LogP contribution in [0.1, 0.15) is 29.9 Å². The third-order valence-corrected chi connectivity index (χ3v) is 3.12. The number of nitrogens with one attached hydrogen (secondary N) is 1. The van der Waals surface area contributed by atoms with E-state index >= 15 is 0 Å². The number of rotatable bonds is 3. The average Bonchev–Trinajstić information content (AvgIpc) is 2.38. The van der Waals surface area contributed by atoms with Crippen molar-refractivity contribution in [3.63, 3.8) is 0 Å². The van der Waals surface area contributed by atoms with Gasteiger partial charge in [0, 0.05) is 0 Å². The van der Waals surface area contributed by atoms with Crippen molar-refractivity contribution >= 4 is 6.08 Å². The largest absolute Gasteiger partial charge is 0.317 e. The van der Waals surface area contributed by atoms with E-state index in [0.717, 1.165) is 18.7 Å². The number of nitrogens with zero attached hydrogens (tertiary/aromatic N) is 1. The van der Waals surface area contributed by atoms with Gasteiger partial charge >= 0.3 is 0 Å². The molecule has 1 aliphatic heterocycles. The van der Waals surface area contributed by atoms with Gasteiger partial charge in [-0.3, -0.25) is 0 Å². The van der Waals surface area contributed by atoms with Gasteiger partial charge in [-0.2, -0.15) is 0 Å². The van der Waals surface area contributed by atoms with Crippen molar-refractivity contribution < 1.29 is 4.79 Å². The topological polar surface area (TPSA) is 41.5 Å². The van der Waals surface area contributed by atoms with Gasteiger partial charge in [0.15, 0.2) is 0 Å². The zero-order chi connectivity index (χ0) is 11.2. The third-order valence-electron chi connectivity index (χ3n) is 3.12. The molecule has 84 valence electrons. The molecule has 0 radical (unpaired) electrons. The summed E-state index contributed by atoms with van der Waals surface area (Å²) in [6, 6.07) is 8.42. The molecule has 1 aromatic rings. The van der Waals surface area contributed by atoms with E-state index in [4.69, 9.17) is 0 Å². The smallest absolute Gasteiger partial charge is 0.235 e. The second-order valence-corrected chi connectivity index (χ2v) is 4.17. The summed E-state index contributed by atoms with van der Waals surface area (Å²) >= 11 is 0. The van der Waals surface area contributed by atoms with E-state index in [2.05, 4.69) is 34.6 Å². The molecule has 0 saturated carbocycles. The van der Waals surface area contributed by atoms with Gasteiger partial charge in [0.2, 0.25) is 6.08 Å². The van der Waals surface area contributed by atoms with E-state index in [0.29, 0.717) is 12.5 Å². The lowest BCUT2D eigenvalue weighted by atomic mass is 9.90. The minimum atomic E-state index is 0.440. The molecule has 1 fully saturated rings. The zero-order valence-electron chi connectivity index (χ0n) is 9.28. The highest BCUT2D eigenvalue weighted by Gasteiger charge is 2.14. The van der Waals surface area contributed by atoms with Crippen molar-refractivity contribution in [2.75, 3.05) is 13.1 Å². The predicted molar refractivity (Wildman–Crippen MR) is 63.1 cm³/mol. The Kier molecular flexibility index (Phi) is 3.86. The fourth-order valence-electron chi connectivity index (χ4n) is 2.17. The fraction of sp³-hybridized carbons (Fsp3) is 0.462. The molecule has 1 aromatic carbocycles. The van der Waals surface area contributed by atoms with Crippen LogP contribution in [0.2, 0.25) is 0 Å². The van der Waals surface area contributed by atoms with Gasteiger partial charge in [-0.1, -0.05) is 24.3 Å². The molecule has 0 spiro atoms. The molecule has 3 nitrogen and oxygen atoms in total. The summed E-state index contributed by atoms with van der Waals surface area (Å²) in [4.78, 5) is 13.6. The normalized spacial score (nSPS) is 16.8. The number of carbonyl (C=O) groups excluding carboxylic acids is 1. The Morgan fingerprint density at radius 1 is 1.25 bits per heavy atom. The molecule has 2 rings (SSSR count). The van der Waals surface area contributed by atoms with Gasteiger partial charge in [0.1, 0.15) is 0 Å². The summed E-state index contributed by atoms with van der Waals surface area (Å²) in [5.74, 6) is 0.685. The van der Waals surface area contributed by atoms with Crippen LogP contribution in [0.3, 0.4) is 0 Å². The molecule has 0 atom stereocenters. The van der Waals surface area contributed by atoms with Crippen LogP contribution in [0.15, 0.2) is 29.3 Å². The van der Waals surface area contributed by atoms with Crippen LogP contribution in [-0.4, -0.2) is 19.2 Å². The molecule has 3 heteroatoms. The van der Waals surface area contributed by atoms with Crippen LogP contribution in [0.4, 0.5) is 0 Å². The second kappa shape index (κ2) is 5.59. The first kappa shape index (κ1) is 11.1. The minimum absolute atomic E-state index is 0.440. The SMILES string of the molecule is O=C=NCc1ccc(C2CCNCC2)cc1. The molecule has 0 bridgehead atoms. The summed E-state index contributed by atoms with van der Waals surface area (Å²) in [5.41, 5.74) is 2.47. The Balaban J connectivity index is 2.03. The van der Waals surface area contributed by atoms with E-state index in [1.54, 1.807) is 6.08 Å². The van der Waals surface area contributed by atoms with E-state index in [1.807, 2.05) is 0 Å². The minimum Gasteiger partial charge on any atom is -0.317 e. The number of benzene rings is 1. The van der Waals surface area contributed by atoms with E-state index < -0.39 is 0 Å². The maximum Gasteiger partial charge on any atom is 0.235 e. The number of hydrogen-bond acceptors (Lipinski definition) is 3. The van der Waals surface area contributed by atoms with E-state index in [-0.39, 0.29) is 0 Å². The van der Waals surface area contributed by atoms with Crippen LogP contribution >= 0.6 is 0 Å². The Morgan fingerprint density at radius 2 is 1.94 bits per heavy atom.